The molecule has 0 aliphatic rings. The molecule has 1 atom stereocenters. The third-order valence-corrected chi connectivity index (χ3v) is 3.52. The highest BCUT2D eigenvalue weighted by Gasteiger charge is 2.12. The predicted molar refractivity (Wildman–Crippen MR) is 75.4 cm³/mol. The molecule has 0 radical (unpaired) electrons. The Balaban J connectivity index is 2.06. The summed E-state index contributed by atoms with van der Waals surface area (Å²) in [6, 6.07) is 6.69. The minimum absolute atomic E-state index is 0.157. The van der Waals surface area contributed by atoms with E-state index in [-0.39, 0.29) is 6.04 Å². The molecule has 5 heteroatoms. The molecule has 2 aromatic rings. The first-order valence-electron chi connectivity index (χ1n) is 6.45. The number of nitrogens with one attached hydrogen (secondary N) is 1. The Bertz CT molecular complexity index is 547. The number of aryl methyl sites for hydroxylation is 3. The zero-order chi connectivity index (χ0) is 13.8. The van der Waals surface area contributed by atoms with Crippen molar-refractivity contribution in [1.82, 2.24) is 20.2 Å². The second-order valence-electron chi connectivity index (χ2n) is 4.99. The van der Waals surface area contributed by atoms with Crippen molar-refractivity contribution in [2.75, 3.05) is 0 Å². The standard InChI is InChI=1S/C14H21N5/c1-10-4-5-12(6-11(10)2)7-13(18-15)8-14-16-9-17-19(14)3/h4-6,9,13,18H,7-8,15H2,1-3H3. The summed E-state index contributed by atoms with van der Waals surface area (Å²) >= 11 is 0. The highest BCUT2D eigenvalue weighted by Crippen LogP contribution is 2.12. The number of hydrogen-bond donors (Lipinski definition) is 2. The maximum atomic E-state index is 5.65. The van der Waals surface area contributed by atoms with Crippen molar-refractivity contribution >= 4 is 0 Å². The van der Waals surface area contributed by atoms with Gasteiger partial charge in [0, 0.05) is 19.5 Å². The van der Waals surface area contributed by atoms with Gasteiger partial charge < -0.3 is 0 Å². The van der Waals surface area contributed by atoms with Gasteiger partial charge >= 0.3 is 0 Å². The normalized spacial score (nSPS) is 12.6. The van der Waals surface area contributed by atoms with E-state index in [1.807, 2.05) is 7.05 Å². The van der Waals surface area contributed by atoms with Gasteiger partial charge in [0.25, 0.3) is 0 Å². The molecule has 0 aliphatic heterocycles. The number of hydrogen-bond acceptors (Lipinski definition) is 4. The number of benzene rings is 1. The summed E-state index contributed by atoms with van der Waals surface area (Å²) in [5.41, 5.74) is 6.78. The van der Waals surface area contributed by atoms with Crippen LogP contribution < -0.4 is 11.3 Å². The van der Waals surface area contributed by atoms with Gasteiger partial charge in [-0.25, -0.2) is 4.98 Å². The molecule has 1 aromatic carbocycles. The van der Waals surface area contributed by atoms with E-state index in [1.54, 1.807) is 11.0 Å². The smallest absolute Gasteiger partial charge is 0.138 e. The molecule has 1 unspecified atom stereocenters. The second-order valence-corrected chi connectivity index (χ2v) is 4.99. The summed E-state index contributed by atoms with van der Waals surface area (Å²) in [7, 11) is 1.89. The average Bonchev–Trinajstić information content (AvgIpc) is 2.78. The SMILES string of the molecule is Cc1ccc(CC(Cc2ncnn2C)NN)cc1C. The summed E-state index contributed by atoms with van der Waals surface area (Å²) in [4.78, 5) is 4.23. The molecule has 5 nitrogen and oxygen atoms in total. The Morgan fingerprint density at radius 2 is 2.05 bits per heavy atom. The molecule has 3 N–H and O–H groups in total. The predicted octanol–water partition coefficient (Wildman–Crippen LogP) is 1.05. The van der Waals surface area contributed by atoms with Crippen LogP contribution in [-0.4, -0.2) is 20.8 Å². The van der Waals surface area contributed by atoms with Crippen LogP contribution in [0.15, 0.2) is 24.5 Å². The molecule has 0 amide bonds. The molecular weight excluding hydrogens is 238 g/mol. The van der Waals surface area contributed by atoms with Crippen molar-refractivity contribution in [1.29, 1.82) is 0 Å². The molecule has 0 saturated heterocycles. The van der Waals surface area contributed by atoms with E-state index in [4.69, 9.17) is 5.84 Å². The number of hydrazine groups is 1. The van der Waals surface area contributed by atoms with E-state index < -0.39 is 0 Å². The van der Waals surface area contributed by atoms with Gasteiger partial charge in [0.15, 0.2) is 0 Å². The summed E-state index contributed by atoms with van der Waals surface area (Å²) in [5.74, 6) is 6.58. The van der Waals surface area contributed by atoms with E-state index in [9.17, 15) is 0 Å². The first-order chi connectivity index (χ1) is 9.10. The molecule has 1 heterocycles. The van der Waals surface area contributed by atoms with E-state index in [0.717, 1.165) is 18.7 Å². The number of nitrogens with zero attached hydrogens (tertiary/aromatic N) is 3. The minimum atomic E-state index is 0.157. The number of rotatable bonds is 5. The number of aromatic nitrogens is 3. The summed E-state index contributed by atoms with van der Waals surface area (Å²) in [6.07, 6.45) is 3.21. The molecule has 19 heavy (non-hydrogen) atoms. The highest BCUT2D eigenvalue weighted by atomic mass is 15.3. The van der Waals surface area contributed by atoms with Crippen molar-refractivity contribution in [3.8, 4) is 0 Å². The zero-order valence-corrected chi connectivity index (χ0v) is 11.7. The van der Waals surface area contributed by atoms with E-state index in [2.05, 4.69) is 47.6 Å². The zero-order valence-electron chi connectivity index (χ0n) is 11.7. The maximum absolute atomic E-state index is 5.65. The first-order valence-corrected chi connectivity index (χ1v) is 6.45. The second kappa shape index (κ2) is 5.95. The third-order valence-electron chi connectivity index (χ3n) is 3.52. The Hall–Kier alpha value is -1.72. The van der Waals surface area contributed by atoms with Crippen molar-refractivity contribution in [3.05, 3.63) is 47.0 Å². The molecule has 0 spiro atoms. The van der Waals surface area contributed by atoms with E-state index in [1.165, 1.54) is 16.7 Å². The van der Waals surface area contributed by atoms with E-state index >= 15 is 0 Å². The lowest BCUT2D eigenvalue weighted by atomic mass is 9.99. The summed E-state index contributed by atoms with van der Waals surface area (Å²) in [5, 5.41) is 4.07. The van der Waals surface area contributed by atoms with Gasteiger partial charge in [-0.15, -0.1) is 0 Å². The Labute approximate surface area is 113 Å². The average molecular weight is 259 g/mol. The lowest BCUT2D eigenvalue weighted by molar-refractivity contribution is 0.499. The molecule has 102 valence electrons. The van der Waals surface area contributed by atoms with Crippen molar-refractivity contribution in [3.63, 3.8) is 0 Å². The van der Waals surface area contributed by atoms with Gasteiger partial charge in [-0.05, 0) is 37.0 Å². The maximum Gasteiger partial charge on any atom is 0.138 e. The van der Waals surface area contributed by atoms with Crippen LogP contribution in [0.1, 0.15) is 22.5 Å². The van der Waals surface area contributed by atoms with Crippen molar-refractivity contribution < 1.29 is 0 Å². The van der Waals surface area contributed by atoms with E-state index in [0.29, 0.717) is 0 Å². The molecule has 0 fully saturated rings. The Morgan fingerprint density at radius 1 is 1.26 bits per heavy atom. The van der Waals surface area contributed by atoms with Gasteiger partial charge in [0.05, 0.1) is 0 Å². The van der Waals surface area contributed by atoms with Crippen molar-refractivity contribution in [2.24, 2.45) is 12.9 Å². The fourth-order valence-electron chi connectivity index (χ4n) is 2.13. The Morgan fingerprint density at radius 3 is 2.63 bits per heavy atom. The van der Waals surface area contributed by atoms with Crippen LogP contribution in [-0.2, 0) is 19.9 Å². The van der Waals surface area contributed by atoms with Gasteiger partial charge in [-0.1, -0.05) is 18.2 Å². The first kappa shape index (κ1) is 13.7. The molecular formula is C14H21N5. The topological polar surface area (TPSA) is 68.8 Å². The van der Waals surface area contributed by atoms with Gasteiger partial charge in [-0.3, -0.25) is 16.0 Å². The quantitative estimate of drug-likeness (QED) is 0.622. The van der Waals surface area contributed by atoms with Crippen LogP contribution in [0.3, 0.4) is 0 Å². The minimum Gasteiger partial charge on any atom is -0.271 e. The van der Waals surface area contributed by atoms with Crippen LogP contribution >= 0.6 is 0 Å². The summed E-state index contributed by atoms with van der Waals surface area (Å²) < 4.78 is 1.78. The van der Waals surface area contributed by atoms with Gasteiger partial charge in [-0.2, -0.15) is 5.10 Å². The lowest BCUT2D eigenvalue weighted by Gasteiger charge is -2.16. The molecule has 0 bridgehead atoms. The fraction of sp³-hybridized carbons (Fsp3) is 0.429. The summed E-state index contributed by atoms with van der Waals surface area (Å²) in [6.45, 7) is 4.25. The molecule has 0 saturated carbocycles. The molecule has 2 rings (SSSR count). The monoisotopic (exact) mass is 259 g/mol. The lowest BCUT2D eigenvalue weighted by Crippen LogP contribution is -2.39. The Kier molecular flexibility index (Phi) is 4.29. The highest BCUT2D eigenvalue weighted by molar-refractivity contribution is 5.30. The fourth-order valence-corrected chi connectivity index (χ4v) is 2.13. The largest absolute Gasteiger partial charge is 0.271 e. The van der Waals surface area contributed by atoms with Crippen molar-refractivity contribution in [2.45, 2.75) is 32.7 Å². The molecule has 0 aliphatic carbocycles. The van der Waals surface area contributed by atoms with Crippen LogP contribution in [0.2, 0.25) is 0 Å². The van der Waals surface area contributed by atoms with Gasteiger partial charge in [0.1, 0.15) is 12.2 Å². The number of nitrogens with two attached hydrogens (primary N) is 1. The van der Waals surface area contributed by atoms with Crippen LogP contribution in [0.4, 0.5) is 0 Å². The van der Waals surface area contributed by atoms with Gasteiger partial charge in [0.2, 0.25) is 0 Å². The third kappa shape index (κ3) is 3.39. The van der Waals surface area contributed by atoms with Crippen LogP contribution in [0.25, 0.3) is 0 Å². The van der Waals surface area contributed by atoms with Crippen LogP contribution in [0, 0.1) is 13.8 Å². The van der Waals surface area contributed by atoms with Crippen LogP contribution in [0.5, 0.6) is 0 Å². The molecule has 1 aromatic heterocycles.